The van der Waals surface area contributed by atoms with Gasteiger partial charge in [0.1, 0.15) is 6.54 Å². The first kappa shape index (κ1) is 19.1. The molecule has 1 N–H and O–H groups in total. The SMILES string of the molecule is Cc1ccc(C[NH+](C)CC(=O)N2CCC(c3nc4ccccc4s3)CC2)cc1. The lowest BCUT2D eigenvalue weighted by atomic mass is 9.97. The summed E-state index contributed by atoms with van der Waals surface area (Å²) in [6.07, 6.45) is 2.03. The number of carbonyl (C=O) groups is 1. The Balaban J connectivity index is 1.29. The summed E-state index contributed by atoms with van der Waals surface area (Å²) in [5, 5.41) is 1.23. The summed E-state index contributed by atoms with van der Waals surface area (Å²) in [5.41, 5.74) is 3.65. The molecule has 1 amide bonds. The predicted molar refractivity (Wildman–Crippen MR) is 115 cm³/mol. The second-order valence-electron chi connectivity index (χ2n) is 7.97. The Labute approximate surface area is 170 Å². The molecule has 1 aliphatic rings. The van der Waals surface area contributed by atoms with E-state index in [1.54, 1.807) is 0 Å². The van der Waals surface area contributed by atoms with Gasteiger partial charge in [-0.15, -0.1) is 11.3 Å². The van der Waals surface area contributed by atoms with Gasteiger partial charge in [0.2, 0.25) is 0 Å². The van der Waals surface area contributed by atoms with Gasteiger partial charge >= 0.3 is 0 Å². The molecule has 0 radical (unpaired) electrons. The van der Waals surface area contributed by atoms with Crippen LogP contribution in [-0.4, -0.2) is 42.5 Å². The zero-order valence-electron chi connectivity index (χ0n) is 16.6. The molecule has 0 saturated carbocycles. The number of fused-ring (bicyclic) bond motifs is 1. The van der Waals surface area contributed by atoms with Gasteiger partial charge in [-0.25, -0.2) is 4.98 Å². The first-order valence-electron chi connectivity index (χ1n) is 10.1. The Morgan fingerprint density at radius 3 is 2.57 bits per heavy atom. The highest BCUT2D eigenvalue weighted by Gasteiger charge is 2.27. The number of nitrogens with one attached hydrogen (secondary N) is 1. The number of hydrogen-bond donors (Lipinski definition) is 1. The van der Waals surface area contributed by atoms with Gasteiger partial charge in [0, 0.05) is 24.6 Å². The van der Waals surface area contributed by atoms with Gasteiger partial charge in [0.15, 0.2) is 6.54 Å². The monoisotopic (exact) mass is 394 g/mol. The second-order valence-corrected chi connectivity index (χ2v) is 9.03. The van der Waals surface area contributed by atoms with Crippen LogP contribution in [0.25, 0.3) is 10.2 Å². The van der Waals surface area contributed by atoms with E-state index >= 15 is 0 Å². The molecular weight excluding hydrogens is 366 g/mol. The highest BCUT2D eigenvalue weighted by atomic mass is 32.1. The number of para-hydroxylation sites is 1. The standard InChI is InChI=1S/C23H27N3OS/c1-17-7-9-18(10-8-17)15-25(2)16-22(27)26-13-11-19(12-14-26)23-24-20-5-3-4-6-21(20)28-23/h3-10,19H,11-16H2,1-2H3/p+1. The first-order chi connectivity index (χ1) is 13.6. The summed E-state index contributed by atoms with van der Waals surface area (Å²) in [5.74, 6) is 0.756. The van der Waals surface area contributed by atoms with Crippen LogP contribution in [0.1, 0.15) is 34.9 Å². The van der Waals surface area contributed by atoms with Crippen molar-refractivity contribution in [1.82, 2.24) is 9.88 Å². The number of quaternary nitrogens is 1. The smallest absolute Gasteiger partial charge is 0.277 e. The summed E-state index contributed by atoms with van der Waals surface area (Å²) >= 11 is 1.81. The molecule has 28 heavy (non-hydrogen) atoms. The lowest BCUT2D eigenvalue weighted by molar-refractivity contribution is -0.885. The molecule has 2 aromatic carbocycles. The molecular formula is C23H28N3OS+. The van der Waals surface area contributed by atoms with E-state index in [2.05, 4.69) is 56.4 Å². The number of aryl methyl sites for hydroxylation is 1. The number of likely N-dealkylation sites (tertiary alicyclic amines) is 1. The number of amides is 1. The number of hydrogen-bond acceptors (Lipinski definition) is 3. The van der Waals surface area contributed by atoms with Crippen molar-refractivity contribution >= 4 is 27.5 Å². The molecule has 4 rings (SSSR count). The van der Waals surface area contributed by atoms with E-state index in [-0.39, 0.29) is 5.91 Å². The molecule has 2 heterocycles. The molecule has 4 nitrogen and oxygen atoms in total. The molecule has 1 aliphatic heterocycles. The zero-order valence-corrected chi connectivity index (χ0v) is 17.5. The van der Waals surface area contributed by atoms with Gasteiger partial charge in [0.05, 0.1) is 22.3 Å². The van der Waals surface area contributed by atoms with E-state index < -0.39 is 0 Å². The summed E-state index contributed by atoms with van der Waals surface area (Å²) < 4.78 is 1.26. The number of rotatable bonds is 5. The van der Waals surface area contributed by atoms with Crippen LogP contribution in [0.2, 0.25) is 0 Å². The molecule has 0 bridgehead atoms. The van der Waals surface area contributed by atoms with Crippen molar-refractivity contribution in [3.63, 3.8) is 0 Å². The predicted octanol–water partition coefficient (Wildman–Crippen LogP) is 3.03. The second kappa shape index (κ2) is 8.41. The largest absolute Gasteiger partial charge is 0.338 e. The Bertz CT molecular complexity index is 909. The Morgan fingerprint density at radius 1 is 1.14 bits per heavy atom. The average molecular weight is 395 g/mol. The molecule has 1 saturated heterocycles. The van der Waals surface area contributed by atoms with Gasteiger partial charge < -0.3 is 9.80 Å². The quantitative estimate of drug-likeness (QED) is 0.722. The lowest BCUT2D eigenvalue weighted by Gasteiger charge is -2.31. The molecule has 0 spiro atoms. The fourth-order valence-electron chi connectivity index (χ4n) is 3.93. The molecule has 1 aromatic heterocycles. The third-order valence-corrected chi connectivity index (χ3v) is 6.79. The number of likely N-dealkylation sites (N-methyl/N-ethyl adjacent to an activating group) is 1. The molecule has 0 aliphatic carbocycles. The minimum absolute atomic E-state index is 0.271. The molecule has 1 atom stereocenters. The fourth-order valence-corrected chi connectivity index (χ4v) is 5.06. The Kier molecular flexibility index (Phi) is 5.74. The zero-order chi connectivity index (χ0) is 19.5. The molecule has 146 valence electrons. The maximum Gasteiger partial charge on any atom is 0.277 e. The van der Waals surface area contributed by atoms with Crippen LogP contribution in [-0.2, 0) is 11.3 Å². The van der Waals surface area contributed by atoms with Crippen LogP contribution in [0.5, 0.6) is 0 Å². The van der Waals surface area contributed by atoms with Gasteiger partial charge in [-0.1, -0.05) is 42.0 Å². The van der Waals surface area contributed by atoms with Crippen LogP contribution in [0.15, 0.2) is 48.5 Å². The maximum absolute atomic E-state index is 12.7. The van der Waals surface area contributed by atoms with Crippen molar-refractivity contribution < 1.29 is 9.69 Å². The molecule has 1 unspecified atom stereocenters. The minimum atomic E-state index is 0.271. The summed E-state index contributed by atoms with van der Waals surface area (Å²) in [4.78, 5) is 20.8. The highest BCUT2D eigenvalue weighted by molar-refractivity contribution is 7.18. The summed E-state index contributed by atoms with van der Waals surface area (Å²) in [6, 6.07) is 16.9. The minimum Gasteiger partial charge on any atom is -0.338 e. The van der Waals surface area contributed by atoms with E-state index in [4.69, 9.17) is 4.98 Å². The lowest BCUT2D eigenvalue weighted by Crippen LogP contribution is -3.08. The molecule has 3 aromatic rings. The van der Waals surface area contributed by atoms with E-state index in [0.717, 1.165) is 38.0 Å². The first-order valence-corrected chi connectivity index (χ1v) is 10.9. The van der Waals surface area contributed by atoms with Crippen molar-refractivity contribution in [2.75, 3.05) is 26.7 Å². The van der Waals surface area contributed by atoms with Crippen molar-refractivity contribution in [1.29, 1.82) is 0 Å². The Hall–Kier alpha value is -2.24. The van der Waals surface area contributed by atoms with Gasteiger partial charge in [0.25, 0.3) is 5.91 Å². The van der Waals surface area contributed by atoms with Gasteiger partial charge in [-0.2, -0.15) is 0 Å². The fraction of sp³-hybridized carbons (Fsp3) is 0.391. The number of aromatic nitrogens is 1. The van der Waals surface area contributed by atoms with Crippen molar-refractivity contribution in [3.8, 4) is 0 Å². The topological polar surface area (TPSA) is 37.6 Å². The van der Waals surface area contributed by atoms with Crippen LogP contribution in [0.3, 0.4) is 0 Å². The third-order valence-electron chi connectivity index (χ3n) is 5.59. The van der Waals surface area contributed by atoms with Gasteiger partial charge in [-0.3, -0.25) is 4.79 Å². The van der Waals surface area contributed by atoms with E-state index in [1.807, 2.05) is 22.3 Å². The third kappa shape index (κ3) is 4.42. The number of piperidine rings is 1. The number of carbonyl (C=O) groups excluding carboxylic acids is 1. The van der Waals surface area contributed by atoms with Crippen molar-refractivity contribution in [3.05, 3.63) is 64.7 Å². The summed E-state index contributed by atoms with van der Waals surface area (Å²) in [7, 11) is 2.10. The molecule has 5 heteroatoms. The van der Waals surface area contributed by atoms with Crippen LogP contribution >= 0.6 is 11.3 Å². The Morgan fingerprint density at radius 2 is 1.86 bits per heavy atom. The van der Waals surface area contributed by atoms with E-state index in [0.29, 0.717) is 12.5 Å². The normalized spacial score (nSPS) is 16.4. The maximum atomic E-state index is 12.7. The van der Waals surface area contributed by atoms with Crippen molar-refractivity contribution in [2.45, 2.75) is 32.2 Å². The number of benzene rings is 2. The van der Waals surface area contributed by atoms with Gasteiger partial charge in [-0.05, 0) is 31.9 Å². The van der Waals surface area contributed by atoms with Crippen LogP contribution < -0.4 is 4.90 Å². The summed E-state index contributed by atoms with van der Waals surface area (Å²) in [6.45, 7) is 5.23. The van der Waals surface area contributed by atoms with E-state index in [9.17, 15) is 4.79 Å². The molecule has 1 fully saturated rings. The average Bonchev–Trinajstić information content (AvgIpc) is 3.14. The number of nitrogens with zero attached hydrogens (tertiary/aromatic N) is 2. The van der Waals surface area contributed by atoms with Crippen LogP contribution in [0.4, 0.5) is 0 Å². The van der Waals surface area contributed by atoms with E-state index in [1.165, 1.54) is 25.7 Å². The highest BCUT2D eigenvalue weighted by Crippen LogP contribution is 2.33. The number of thiazole rings is 1. The van der Waals surface area contributed by atoms with Crippen molar-refractivity contribution in [2.24, 2.45) is 0 Å². The van der Waals surface area contributed by atoms with Crippen LogP contribution in [0, 0.1) is 6.92 Å².